The number of carboxylic acids is 1. The van der Waals surface area contributed by atoms with Crippen LogP contribution < -0.4 is 4.74 Å². The van der Waals surface area contributed by atoms with Crippen molar-refractivity contribution in [2.45, 2.75) is 32.9 Å². The number of carbonyl (C=O) groups is 1. The molecule has 1 atom stereocenters. The number of fused-ring (bicyclic) bond motifs is 1. The molecule has 0 spiro atoms. The summed E-state index contributed by atoms with van der Waals surface area (Å²) in [6.07, 6.45) is -0.404. The minimum Gasteiger partial charge on any atom is -0.478 e. The van der Waals surface area contributed by atoms with Gasteiger partial charge in [0.25, 0.3) is 5.88 Å². The van der Waals surface area contributed by atoms with Crippen molar-refractivity contribution < 1.29 is 41.3 Å². The zero-order valence-corrected chi connectivity index (χ0v) is 25.1. The lowest BCUT2D eigenvalue weighted by Crippen LogP contribution is -2.27. The third kappa shape index (κ3) is 5.90. The number of benzene rings is 3. The summed E-state index contributed by atoms with van der Waals surface area (Å²) in [5.74, 6) is -6.10. The van der Waals surface area contributed by atoms with Crippen molar-refractivity contribution in [1.29, 1.82) is 0 Å². The Morgan fingerprint density at radius 3 is 2.37 bits per heavy atom. The number of aromatic nitrogens is 3. The molecule has 5 aromatic rings. The van der Waals surface area contributed by atoms with Crippen LogP contribution in [0.4, 0.5) is 22.0 Å². The standard InChI is InChI=1S/C33H25ClF5N3O4/c1-33(2)15-45-14-28(33)42-27-10-18(32(43)44)9-25(39)30(27)41-29(42)12-20-23(37)7-17(8-24(20)38)26-6-5-21(35)31(40-26)46-13-16-3-4-19(34)11-22(16)36/h3-11,28H,12-15H2,1-2H3,(H,43,44)/t28-/m1/s1. The van der Waals surface area contributed by atoms with Crippen molar-refractivity contribution in [1.82, 2.24) is 14.5 Å². The summed E-state index contributed by atoms with van der Waals surface area (Å²) in [7, 11) is 0. The smallest absolute Gasteiger partial charge is 0.335 e. The molecular formula is C33H25ClF5N3O4. The van der Waals surface area contributed by atoms with Crippen molar-refractivity contribution in [2.24, 2.45) is 5.41 Å². The SMILES string of the molecule is CC1(C)COC[C@H]1n1c(Cc2c(F)cc(-c3ccc(F)c(OCc4ccc(Cl)cc4F)n3)cc2F)nc2c(F)cc(C(=O)O)cc21. The van der Waals surface area contributed by atoms with E-state index in [1.807, 2.05) is 13.8 Å². The Bertz CT molecular complexity index is 1990. The van der Waals surface area contributed by atoms with Gasteiger partial charge in [-0.1, -0.05) is 31.5 Å². The minimum absolute atomic E-state index is 0.0160. The van der Waals surface area contributed by atoms with E-state index >= 15 is 13.2 Å². The van der Waals surface area contributed by atoms with Crippen molar-refractivity contribution in [2.75, 3.05) is 13.2 Å². The Labute approximate surface area is 264 Å². The molecule has 238 valence electrons. The first-order chi connectivity index (χ1) is 21.8. The van der Waals surface area contributed by atoms with Gasteiger partial charge < -0.3 is 19.1 Å². The highest BCUT2D eigenvalue weighted by Crippen LogP contribution is 2.41. The summed E-state index contributed by atoms with van der Waals surface area (Å²) in [5.41, 5.74) is -1.11. The first kappa shape index (κ1) is 31.4. The van der Waals surface area contributed by atoms with Crippen molar-refractivity contribution in [3.63, 3.8) is 0 Å². The van der Waals surface area contributed by atoms with Gasteiger partial charge in [-0.2, -0.15) is 0 Å². The Balaban J connectivity index is 1.35. The van der Waals surface area contributed by atoms with Crippen molar-refractivity contribution in [3.8, 4) is 17.1 Å². The number of imidazole rings is 1. The largest absolute Gasteiger partial charge is 0.478 e. The van der Waals surface area contributed by atoms with Gasteiger partial charge >= 0.3 is 5.97 Å². The zero-order valence-electron chi connectivity index (χ0n) is 24.4. The third-order valence-corrected chi connectivity index (χ3v) is 8.23. The molecule has 13 heteroatoms. The predicted molar refractivity (Wildman–Crippen MR) is 158 cm³/mol. The second-order valence-electron chi connectivity index (χ2n) is 11.7. The number of ether oxygens (including phenoxy) is 2. The first-order valence-corrected chi connectivity index (χ1v) is 14.4. The Morgan fingerprint density at radius 1 is 0.978 bits per heavy atom. The van der Waals surface area contributed by atoms with Crippen LogP contribution in [0.15, 0.2) is 54.6 Å². The molecular weight excluding hydrogens is 633 g/mol. The molecule has 2 aromatic heterocycles. The molecule has 0 unspecified atom stereocenters. The van der Waals surface area contributed by atoms with Crippen LogP contribution in [0.25, 0.3) is 22.3 Å². The van der Waals surface area contributed by atoms with E-state index in [0.29, 0.717) is 6.61 Å². The Kier molecular flexibility index (Phi) is 8.20. The second-order valence-corrected chi connectivity index (χ2v) is 12.1. The van der Waals surface area contributed by atoms with Gasteiger partial charge in [-0.3, -0.25) is 0 Å². The lowest BCUT2D eigenvalue weighted by atomic mass is 9.87. The van der Waals surface area contributed by atoms with Crippen LogP contribution in [0.2, 0.25) is 5.02 Å². The molecule has 0 bridgehead atoms. The molecule has 1 aliphatic heterocycles. The van der Waals surface area contributed by atoms with Crippen LogP contribution in [0.1, 0.15) is 47.2 Å². The predicted octanol–water partition coefficient (Wildman–Crippen LogP) is 7.91. The molecule has 6 rings (SSSR count). The lowest BCUT2D eigenvalue weighted by Gasteiger charge is -2.28. The van der Waals surface area contributed by atoms with Gasteiger partial charge in [0.1, 0.15) is 35.4 Å². The molecule has 46 heavy (non-hydrogen) atoms. The molecule has 0 saturated carbocycles. The Hall–Kier alpha value is -4.55. The molecule has 0 amide bonds. The number of aromatic carboxylic acids is 1. The summed E-state index contributed by atoms with van der Waals surface area (Å²) in [4.78, 5) is 20.1. The number of halogens is 6. The van der Waals surface area contributed by atoms with E-state index in [2.05, 4.69) is 9.97 Å². The van der Waals surface area contributed by atoms with E-state index in [4.69, 9.17) is 21.1 Å². The highest BCUT2D eigenvalue weighted by molar-refractivity contribution is 6.30. The molecule has 1 N–H and O–H groups in total. The second kappa shape index (κ2) is 12.0. The summed E-state index contributed by atoms with van der Waals surface area (Å²) < 4.78 is 87.6. The topological polar surface area (TPSA) is 86.5 Å². The quantitative estimate of drug-likeness (QED) is 0.171. The van der Waals surface area contributed by atoms with E-state index in [1.165, 1.54) is 24.3 Å². The average Bonchev–Trinajstić information content (AvgIpc) is 3.53. The lowest BCUT2D eigenvalue weighted by molar-refractivity contribution is 0.0696. The zero-order chi connectivity index (χ0) is 32.9. The molecule has 0 aliphatic carbocycles. The van der Waals surface area contributed by atoms with Crippen LogP contribution in [0.3, 0.4) is 0 Å². The van der Waals surface area contributed by atoms with Gasteiger partial charge in [-0.05, 0) is 48.5 Å². The van der Waals surface area contributed by atoms with E-state index in [-0.39, 0.29) is 63.0 Å². The fourth-order valence-electron chi connectivity index (χ4n) is 5.52. The van der Waals surface area contributed by atoms with E-state index in [0.717, 1.165) is 30.3 Å². The summed E-state index contributed by atoms with van der Waals surface area (Å²) in [5, 5.41) is 9.70. The molecule has 0 radical (unpaired) electrons. The fraction of sp³-hybridized carbons (Fsp3) is 0.242. The highest BCUT2D eigenvalue weighted by Gasteiger charge is 2.39. The maximum atomic E-state index is 15.6. The molecule has 3 aromatic carbocycles. The monoisotopic (exact) mass is 657 g/mol. The van der Waals surface area contributed by atoms with Gasteiger partial charge in [0.15, 0.2) is 11.6 Å². The first-order valence-electron chi connectivity index (χ1n) is 14.1. The summed E-state index contributed by atoms with van der Waals surface area (Å²) in [6, 6.07) is 9.82. The van der Waals surface area contributed by atoms with Crippen LogP contribution in [-0.4, -0.2) is 38.8 Å². The summed E-state index contributed by atoms with van der Waals surface area (Å²) >= 11 is 5.76. The maximum Gasteiger partial charge on any atom is 0.335 e. The minimum atomic E-state index is -1.34. The number of nitrogens with zero attached hydrogens (tertiary/aromatic N) is 3. The number of hydrogen-bond acceptors (Lipinski definition) is 5. The number of rotatable bonds is 8. The third-order valence-electron chi connectivity index (χ3n) is 8.00. The number of carboxylic acid groups (broad SMARTS) is 1. The van der Waals surface area contributed by atoms with Crippen molar-refractivity contribution in [3.05, 3.63) is 111 Å². The Morgan fingerprint density at radius 2 is 1.72 bits per heavy atom. The van der Waals surface area contributed by atoms with Gasteiger partial charge in [-0.25, -0.2) is 36.7 Å². The normalized spacial score (nSPS) is 15.9. The van der Waals surface area contributed by atoms with E-state index in [1.54, 1.807) is 4.57 Å². The molecule has 7 nitrogen and oxygen atoms in total. The van der Waals surface area contributed by atoms with Crippen molar-refractivity contribution >= 4 is 28.6 Å². The van der Waals surface area contributed by atoms with Gasteiger partial charge in [-0.15, -0.1) is 0 Å². The molecule has 1 saturated heterocycles. The fourth-order valence-corrected chi connectivity index (χ4v) is 5.68. The van der Waals surface area contributed by atoms with Gasteiger partial charge in [0, 0.05) is 33.5 Å². The maximum absolute atomic E-state index is 15.6. The van der Waals surface area contributed by atoms with Crippen LogP contribution in [-0.2, 0) is 17.8 Å². The molecule has 3 heterocycles. The number of hydrogen-bond donors (Lipinski definition) is 1. The number of pyridine rings is 1. The van der Waals surface area contributed by atoms with E-state index < -0.39 is 58.8 Å². The van der Waals surface area contributed by atoms with Gasteiger partial charge in [0.2, 0.25) is 0 Å². The van der Waals surface area contributed by atoms with Crippen LogP contribution in [0.5, 0.6) is 5.88 Å². The molecule has 1 fully saturated rings. The van der Waals surface area contributed by atoms with E-state index in [9.17, 15) is 18.7 Å². The average molecular weight is 658 g/mol. The highest BCUT2D eigenvalue weighted by atomic mass is 35.5. The molecule has 1 aliphatic rings. The van der Waals surface area contributed by atoms with Crippen LogP contribution >= 0.6 is 11.6 Å². The van der Waals surface area contributed by atoms with Crippen LogP contribution in [0, 0.1) is 34.5 Å². The summed E-state index contributed by atoms with van der Waals surface area (Å²) in [6.45, 7) is 3.98. The van der Waals surface area contributed by atoms with Gasteiger partial charge in [0.05, 0.1) is 36.0 Å².